The Balaban J connectivity index is 1.18. The van der Waals surface area contributed by atoms with E-state index in [1.807, 2.05) is 49.4 Å². The molecule has 0 saturated carbocycles. The van der Waals surface area contributed by atoms with Gasteiger partial charge in [-0.3, -0.25) is 9.69 Å². The predicted molar refractivity (Wildman–Crippen MR) is 128 cm³/mol. The maximum atomic E-state index is 12.6. The van der Waals surface area contributed by atoms with Crippen molar-refractivity contribution < 1.29 is 14.3 Å². The molecule has 0 aliphatic carbocycles. The molecule has 0 unspecified atom stereocenters. The van der Waals surface area contributed by atoms with Gasteiger partial charge < -0.3 is 9.47 Å². The van der Waals surface area contributed by atoms with E-state index in [0.717, 1.165) is 37.4 Å². The fourth-order valence-corrected chi connectivity index (χ4v) is 4.24. The molecule has 0 saturated heterocycles. The van der Waals surface area contributed by atoms with Crippen LogP contribution in [0.5, 0.6) is 11.5 Å². The normalized spacial score (nSPS) is 15.6. The van der Waals surface area contributed by atoms with Crippen molar-refractivity contribution in [2.24, 2.45) is 5.10 Å². The van der Waals surface area contributed by atoms with E-state index in [1.54, 1.807) is 0 Å². The Morgan fingerprint density at radius 3 is 2.48 bits per heavy atom. The predicted octanol–water partition coefficient (Wildman–Crippen LogP) is 4.17. The number of benzene rings is 3. The Hall–Kier alpha value is -3.64. The summed E-state index contributed by atoms with van der Waals surface area (Å²) in [5.41, 5.74) is 8.87. The molecule has 0 radical (unpaired) electrons. The van der Waals surface area contributed by atoms with Crippen LogP contribution in [0, 0.1) is 0 Å². The van der Waals surface area contributed by atoms with Gasteiger partial charge in [0.05, 0.1) is 5.71 Å². The van der Waals surface area contributed by atoms with Crippen LogP contribution in [0.15, 0.2) is 71.8 Å². The number of fused-ring (bicyclic) bond motifs is 2. The number of carbonyl (C=O) groups excluding carboxylic acids is 1. The van der Waals surface area contributed by atoms with E-state index in [4.69, 9.17) is 9.47 Å². The Bertz CT molecular complexity index is 1190. The first-order chi connectivity index (χ1) is 16.2. The molecule has 1 N–H and O–H groups in total. The molecule has 0 spiro atoms. The van der Waals surface area contributed by atoms with Gasteiger partial charge in [-0.15, -0.1) is 0 Å². The molecule has 5 rings (SSSR count). The molecule has 0 aromatic heterocycles. The van der Waals surface area contributed by atoms with Crippen molar-refractivity contribution in [2.75, 3.05) is 19.8 Å². The molecule has 2 aliphatic rings. The zero-order valence-electron chi connectivity index (χ0n) is 18.7. The van der Waals surface area contributed by atoms with Crippen molar-refractivity contribution in [3.05, 3.63) is 94.5 Å². The van der Waals surface area contributed by atoms with Crippen molar-refractivity contribution in [3.8, 4) is 11.5 Å². The van der Waals surface area contributed by atoms with E-state index in [0.29, 0.717) is 30.2 Å². The number of nitrogens with one attached hydrogen (secondary N) is 1. The summed E-state index contributed by atoms with van der Waals surface area (Å²) < 4.78 is 11.2. The Morgan fingerprint density at radius 1 is 0.939 bits per heavy atom. The van der Waals surface area contributed by atoms with Crippen LogP contribution in [-0.2, 0) is 19.5 Å². The molecule has 3 aromatic carbocycles. The number of nitrogens with zero attached hydrogens (tertiary/aromatic N) is 2. The molecule has 2 aliphatic heterocycles. The van der Waals surface area contributed by atoms with E-state index >= 15 is 0 Å². The summed E-state index contributed by atoms with van der Waals surface area (Å²) in [5.74, 6) is 1.20. The summed E-state index contributed by atoms with van der Waals surface area (Å²) in [6.45, 7) is 5.83. The largest absolute Gasteiger partial charge is 0.486 e. The number of amides is 1. The highest BCUT2D eigenvalue weighted by Gasteiger charge is 2.16. The molecule has 3 aromatic rings. The summed E-state index contributed by atoms with van der Waals surface area (Å²) in [7, 11) is 0. The second kappa shape index (κ2) is 9.46. The monoisotopic (exact) mass is 441 g/mol. The van der Waals surface area contributed by atoms with Crippen molar-refractivity contribution in [2.45, 2.75) is 26.4 Å². The fraction of sp³-hybridized carbons (Fsp3) is 0.259. The highest BCUT2D eigenvalue weighted by molar-refractivity contribution is 6.01. The molecule has 0 atom stereocenters. The van der Waals surface area contributed by atoms with E-state index in [1.165, 1.54) is 16.7 Å². The second-order valence-electron chi connectivity index (χ2n) is 8.42. The summed E-state index contributed by atoms with van der Waals surface area (Å²) >= 11 is 0. The lowest BCUT2D eigenvalue weighted by atomic mass is 9.99. The smallest absolute Gasteiger partial charge is 0.271 e. The fourth-order valence-electron chi connectivity index (χ4n) is 4.24. The molecule has 1 amide bonds. The standard InChI is InChI=1S/C27H27N3O3/c1-19(23-10-11-25-26(16-23)33-15-14-32-25)28-29-27(31)22-8-6-20(7-9-22)17-30-13-12-21-4-2-3-5-24(21)18-30/h2-11,16H,12-15,17-18H2,1H3,(H,29,31)/b28-19-. The van der Waals surface area contributed by atoms with Crippen LogP contribution in [0.3, 0.4) is 0 Å². The van der Waals surface area contributed by atoms with Gasteiger partial charge in [0.2, 0.25) is 0 Å². The van der Waals surface area contributed by atoms with Gasteiger partial charge >= 0.3 is 0 Å². The lowest BCUT2D eigenvalue weighted by Gasteiger charge is -2.28. The molecular formula is C27H27N3O3. The van der Waals surface area contributed by atoms with Gasteiger partial charge in [-0.2, -0.15) is 5.10 Å². The van der Waals surface area contributed by atoms with Crippen LogP contribution in [0.1, 0.15) is 39.5 Å². The summed E-state index contributed by atoms with van der Waals surface area (Å²) in [5, 5.41) is 4.27. The summed E-state index contributed by atoms with van der Waals surface area (Å²) in [4.78, 5) is 15.0. The first kappa shape index (κ1) is 21.2. The van der Waals surface area contributed by atoms with Gasteiger partial charge in [0.25, 0.3) is 5.91 Å². The van der Waals surface area contributed by atoms with E-state index in [9.17, 15) is 4.79 Å². The molecule has 6 heteroatoms. The zero-order chi connectivity index (χ0) is 22.6. The van der Waals surface area contributed by atoms with Crippen LogP contribution < -0.4 is 14.9 Å². The van der Waals surface area contributed by atoms with E-state index < -0.39 is 0 Å². The average molecular weight is 442 g/mol. The van der Waals surface area contributed by atoms with Crippen LogP contribution >= 0.6 is 0 Å². The highest BCUT2D eigenvalue weighted by Crippen LogP contribution is 2.30. The maximum absolute atomic E-state index is 12.6. The number of hydrogen-bond acceptors (Lipinski definition) is 5. The third-order valence-electron chi connectivity index (χ3n) is 6.12. The quantitative estimate of drug-likeness (QED) is 0.477. The second-order valence-corrected chi connectivity index (χ2v) is 8.42. The lowest BCUT2D eigenvalue weighted by molar-refractivity contribution is 0.0955. The summed E-state index contributed by atoms with van der Waals surface area (Å²) in [6, 6.07) is 22.1. The minimum atomic E-state index is -0.231. The van der Waals surface area contributed by atoms with Crippen LogP contribution in [0.25, 0.3) is 0 Å². The molecule has 0 fully saturated rings. The lowest BCUT2D eigenvalue weighted by Crippen LogP contribution is -2.30. The first-order valence-corrected chi connectivity index (χ1v) is 11.3. The number of carbonyl (C=O) groups is 1. The molecule has 168 valence electrons. The zero-order valence-corrected chi connectivity index (χ0v) is 18.7. The molecule has 0 bridgehead atoms. The van der Waals surface area contributed by atoms with Gasteiger partial charge in [-0.1, -0.05) is 36.4 Å². The average Bonchev–Trinajstić information content (AvgIpc) is 2.87. The Kier molecular flexibility index (Phi) is 6.09. The van der Waals surface area contributed by atoms with Crippen molar-refractivity contribution in [1.82, 2.24) is 10.3 Å². The van der Waals surface area contributed by atoms with Gasteiger partial charge in [-0.05, 0) is 60.4 Å². The minimum Gasteiger partial charge on any atom is -0.486 e. The van der Waals surface area contributed by atoms with E-state index in [2.05, 4.69) is 39.7 Å². The SMILES string of the molecule is C/C(=N/NC(=O)c1ccc(CN2CCc3ccccc3C2)cc1)c1ccc2c(c1)OCCO2. The Morgan fingerprint density at radius 2 is 1.67 bits per heavy atom. The topological polar surface area (TPSA) is 63.2 Å². The van der Waals surface area contributed by atoms with Crippen molar-refractivity contribution in [3.63, 3.8) is 0 Å². The molecular weight excluding hydrogens is 414 g/mol. The third-order valence-corrected chi connectivity index (χ3v) is 6.12. The van der Waals surface area contributed by atoms with Crippen LogP contribution in [-0.4, -0.2) is 36.3 Å². The minimum absolute atomic E-state index is 0.231. The number of rotatable bonds is 5. The van der Waals surface area contributed by atoms with Gasteiger partial charge in [0.1, 0.15) is 13.2 Å². The highest BCUT2D eigenvalue weighted by atomic mass is 16.6. The van der Waals surface area contributed by atoms with E-state index in [-0.39, 0.29) is 5.91 Å². The van der Waals surface area contributed by atoms with Crippen LogP contribution in [0.4, 0.5) is 0 Å². The molecule has 33 heavy (non-hydrogen) atoms. The maximum Gasteiger partial charge on any atom is 0.271 e. The van der Waals surface area contributed by atoms with Crippen LogP contribution in [0.2, 0.25) is 0 Å². The van der Waals surface area contributed by atoms with Gasteiger partial charge in [0, 0.05) is 30.8 Å². The number of hydrogen-bond donors (Lipinski definition) is 1. The Labute approximate surface area is 193 Å². The van der Waals surface area contributed by atoms with Crippen molar-refractivity contribution in [1.29, 1.82) is 0 Å². The van der Waals surface area contributed by atoms with Gasteiger partial charge in [0.15, 0.2) is 11.5 Å². The molecule has 6 nitrogen and oxygen atoms in total. The number of ether oxygens (including phenoxy) is 2. The summed E-state index contributed by atoms with van der Waals surface area (Å²) in [6.07, 6.45) is 1.08. The van der Waals surface area contributed by atoms with Crippen molar-refractivity contribution >= 4 is 11.6 Å². The number of hydrazone groups is 1. The molecule has 2 heterocycles. The third kappa shape index (κ3) is 4.91. The van der Waals surface area contributed by atoms with Gasteiger partial charge in [-0.25, -0.2) is 5.43 Å². The first-order valence-electron chi connectivity index (χ1n) is 11.3.